The van der Waals surface area contributed by atoms with Gasteiger partial charge in [-0.1, -0.05) is 74.9 Å². The number of aromatic hydroxyl groups is 1. The first-order chi connectivity index (χ1) is 13.5. The van der Waals surface area contributed by atoms with Crippen LogP contribution in [0.2, 0.25) is 0 Å². The Kier molecular flexibility index (Phi) is 8.49. The number of phenols is 1. The molecule has 0 aliphatic rings. The molecule has 0 saturated carbocycles. The Balaban J connectivity index is 2.25. The van der Waals surface area contributed by atoms with Crippen molar-refractivity contribution in [3.63, 3.8) is 0 Å². The van der Waals surface area contributed by atoms with Crippen LogP contribution in [-0.2, 0) is 0 Å². The van der Waals surface area contributed by atoms with Gasteiger partial charge in [0.15, 0.2) is 0 Å². The van der Waals surface area contributed by atoms with Gasteiger partial charge in [0.1, 0.15) is 5.75 Å². The molecule has 3 heteroatoms. The van der Waals surface area contributed by atoms with Crippen LogP contribution < -0.4 is 0 Å². The Morgan fingerprint density at radius 1 is 1.07 bits per heavy atom. The third kappa shape index (κ3) is 5.57. The second-order valence-corrected chi connectivity index (χ2v) is 7.13. The van der Waals surface area contributed by atoms with Crippen molar-refractivity contribution in [2.24, 2.45) is 0 Å². The lowest BCUT2D eigenvalue weighted by atomic mass is 9.92. The number of phenolic OH excluding ortho intramolecular Hbond substituents is 1. The molecular formula is C25H32O3. The van der Waals surface area contributed by atoms with Crippen LogP contribution >= 0.6 is 0 Å². The Morgan fingerprint density at radius 2 is 1.79 bits per heavy atom. The summed E-state index contributed by atoms with van der Waals surface area (Å²) in [6.45, 7) is 8.06. The molecule has 1 unspecified atom stereocenters. The molecule has 0 aromatic heterocycles. The zero-order valence-corrected chi connectivity index (χ0v) is 17.0. The molecule has 0 amide bonds. The van der Waals surface area contributed by atoms with Gasteiger partial charge in [-0.15, -0.1) is 0 Å². The third-order valence-corrected chi connectivity index (χ3v) is 5.11. The molecule has 150 valence electrons. The maximum Gasteiger partial charge on any atom is 0.123 e. The Bertz CT molecular complexity index is 861. The van der Waals surface area contributed by atoms with Crippen LogP contribution in [-0.4, -0.2) is 28.0 Å². The maximum absolute atomic E-state index is 10.6. The summed E-state index contributed by atoms with van der Waals surface area (Å²) < 4.78 is 0. The number of fused-ring (bicyclic) bond motifs is 1. The van der Waals surface area contributed by atoms with E-state index in [1.54, 1.807) is 12.1 Å². The van der Waals surface area contributed by atoms with Gasteiger partial charge in [-0.2, -0.15) is 0 Å². The Hall–Kier alpha value is -2.36. The SMILES string of the molecule is C=C(CC)/C(=C/CO)C(O)CC/C(=C/c1ccc(O)c2ccccc12)CCC. The minimum absolute atomic E-state index is 0.0947. The molecule has 28 heavy (non-hydrogen) atoms. The van der Waals surface area contributed by atoms with Crippen LogP contribution in [0.1, 0.15) is 51.5 Å². The van der Waals surface area contributed by atoms with Crippen molar-refractivity contribution in [2.45, 2.75) is 52.1 Å². The van der Waals surface area contributed by atoms with Crippen molar-refractivity contribution in [3.8, 4) is 5.75 Å². The molecule has 0 saturated heterocycles. The normalized spacial score (nSPS) is 13.7. The first-order valence-corrected chi connectivity index (χ1v) is 10.1. The van der Waals surface area contributed by atoms with Crippen molar-refractivity contribution >= 4 is 16.8 Å². The molecule has 2 aromatic carbocycles. The maximum atomic E-state index is 10.6. The summed E-state index contributed by atoms with van der Waals surface area (Å²) in [4.78, 5) is 0. The molecule has 0 fully saturated rings. The monoisotopic (exact) mass is 380 g/mol. The van der Waals surface area contributed by atoms with E-state index in [1.807, 2.05) is 37.3 Å². The molecule has 0 bridgehead atoms. The van der Waals surface area contributed by atoms with Gasteiger partial charge < -0.3 is 15.3 Å². The van der Waals surface area contributed by atoms with E-state index in [4.69, 9.17) is 0 Å². The predicted octanol–water partition coefficient (Wildman–Crippen LogP) is 5.75. The fourth-order valence-electron chi connectivity index (χ4n) is 3.54. The van der Waals surface area contributed by atoms with Crippen LogP contribution in [0.3, 0.4) is 0 Å². The molecule has 1 atom stereocenters. The van der Waals surface area contributed by atoms with E-state index in [0.29, 0.717) is 6.42 Å². The molecule has 3 nitrogen and oxygen atoms in total. The summed E-state index contributed by atoms with van der Waals surface area (Å²) in [6.07, 6.45) is 7.30. The van der Waals surface area contributed by atoms with Crippen molar-refractivity contribution in [3.05, 3.63) is 71.3 Å². The lowest BCUT2D eigenvalue weighted by Crippen LogP contribution is -2.13. The summed E-state index contributed by atoms with van der Waals surface area (Å²) in [5.74, 6) is 0.289. The van der Waals surface area contributed by atoms with E-state index in [1.165, 1.54) is 5.57 Å². The fraction of sp³-hybridized carbons (Fsp3) is 0.360. The summed E-state index contributed by atoms with van der Waals surface area (Å²) in [7, 11) is 0. The standard InChI is InChI=1S/C25H32O3/c1-4-8-19(11-13-24(27)21(15-16-26)18(3)5-2)17-20-12-14-25(28)23-10-7-6-9-22(20)23/h6-7,9-10,12,14-15,17,24,26-28H,3-5,8,11,13,16H2,1-2H3/b19-17+,21-15-. The van der Waals surface area contributed by atoms with Crippen LogP contribution in [0, 0.1) is 0 Å². The van der Waals surface area contributed by atoms with E-state index >= 15 is 0 Å². The highest BCUT2D eigenvalue weighted by atomic mass is 16.3. The molecule has 2 rings (SSSR count). The summed E-state index contributed by atoms with van der Waals surface area (Å²) in [6, 6.07) is 11.5. The molecule has 3 N–H and O–H groups in total. The number of rotatable bonds is 10. The minimum Gasteiger partial charge on any atom is -0.507 e. The highest BCUT2D eigenvalue weighted by Crippen LogP contribution is 2.30. The van der Waals surface area contributed by atoms with Gasteiger partial charge >= 0.3 is 0 Å². The zero-order valence-electron chi connectivity index (χ0n) is 17.0. The van der Waals surface area contributed by atoms with E-state index in [9.17, 15) is 15.3 Å². The van der Waals surface area contributed by atoms with Crippen LogP contribution in [0.25, 0.3) is 16.8 Å². The van der Waals surface area contributed by atoms with Gasteiger partial charge in [-0.25, -0.2) is 0 Å². The smallest absolute Gasteiger partial charge is 0.123 e. The van der Waals surface area contributed by atoms with Crippen molar-refractivity contribution in [1.82, 2.24) is 0 Å². The highest BCUT2D eigenvalue weighted by molar-refractivity contribution is 5.94. The van der Waals surface area contributed by atoms with Crippen LogP contribution in [0.5, 0.6) is 5.75 Å². The average Bonchev–Trinajstić information content (AvgIpc) is 2.71. The first kappa shape index (κ1) is 21.9. The van der Waals surface area contributed by atoms with Crippen molar-refractivity contribution in [2.75, 3.05) is 6.61 Å². The average molecular weight is 381 g/mol. The number of benzene rings is 2. The molecule has 0 radical (unpaired) electrons. The topological polar surface area (TPSA) is 60.7 Å². The number of aliphatic hydroxyl groups is 2. The van der Waals surface area contributed by atoms with Gasteiger partial charge in [0.2, 0.25) is 0 Å². The lowest BCUT2D eigenvalue weighted by Gasteiger charge is -2.18. The summed E-state index contributed by atoms with van der Waals surface area (Å²) >= 11 is 0. The minimum atomic E-state index is -0.628. The number of allylic oxidation sites excluding steroid dienone is 1. The van der Waals surface area contributed by atoms with E-state index in [-0.39, 0.29) is 12.4 Å². The van der Waals surface area contributed by atoms with Crippen LogP contribution in [0.15, 0.2) is 65.8 Å². The first-order valence-electron chi connectivity index (χ1n) is 10.1. The second kappa shape index (κ2) is 10.8. The largest absolute Gasteiger partial charge is 0.507 e. The summed E-state index contributed by atoms with van der Waals surface area (Å²) in [5, 5.41) is 31.9. The molecule has 0 spiro atoms. The quantitative estimate of drug-likeness (QED) is 0.460. The summed E-state index contributed by atoms with van der Waals surface area (Å²) in [5.41, 5.74) is 3.96. The number of hydrogen-bond donors (Lipinski definition) is 3. The Morgan fingerprint density at radius 3 is 2.43 bits per heavy atom. The zero-order chi connectivity index (χ0) is 20.5. The van der Waals surface area contributed by atoms with E-state index < -0.39 is 6.10 Å². The lowest BCUT2D eigenvalue weighted by molar-refractivity contribution is 0.200. The molecule has 2 aromatic rings. The van der Waals surface area contributed by atoms with Gasteiger partial charge in [-0.3, -0.25) is 0 Å². The van der Waals surface area contributed by atoms with E-state index in [0.717, 1.165) is 53.2 Å². The van der Waals surface area contributed by atoms with Gasteiger partial charge in [0.05, 0.1) is 12.7 Å². The molecule has 0 heterocycles. The third-order valence-electron chi connectivity index (χ3n) is 5.11. The second-order valence-electron chi connectivity index (χ2n) is 7.13. The fourth-order valence-corrected chi connectivity index (χ4v) is 3.54. The molecule has 0 aliphatic heterocycles. The van der Waals surface area contributed by atoms with Crippen LogP contribution in [0.4, 0.5) is 0 Å². The number of aliphatic hydroxyl groups excluding tert-OH is 2. The number of hydrogen-bond acceptors (Lipinski definition) is 3. The van der Waals surface area contributed by atoms with Crippen molar-refractivity contribution < 1.29 is 15.3 Å². The predicted molar refractivity (Wildman–Crippen MR) is 118 cm³/mol. The Labute approximate surface area is 168 Å². The van der Waals surface area contributed by atoms with Crippen molar-refractivity contribution in [1.29, 1.82) is 0 Å². The molecular weight excluding hydrogens is 348 g/mol. The highest BCUT2D eigenvalue weighted by Gasteiger charge is 2.14. The van der Waals surface area contributed by atoms with Gasteiger partial charge in [0, 0.05) is 5.39 Å². The van der Waals surface area contributed by atoms with E-state index in [2.05, 4.69) is 19.6 Å². The van der Waals surface area contributed by atoms with Gasteiger partial charge in [-0.05, 0) is 53.8 Å². The van der Waals surface area contributed by atoms with Gasteiger partial charge in [0.25, 0.3) is 0 Å². The molecule has 0 aliphatic carbocycles.